The van der Waals surface area contributed by atoms with Crippen molar-refractivity contribution in [2.24, 2.45) is 11.5 Å². The van der Waals surface area contributed by atoms with Crippen LogP contribution in [0.5, 0.6) is 5.75 Å². The number of nitrogens with zero attached hydrogens (tertiary/aromatic N) is 3. The number of aromatic nitrogens is 2. The third kappa shape index (κ3) is 4.71. The highest BCUT2D eigenvalue weighted by Gasteiger charge is 2.23. The van der Waals surface area contributed by atoms with E-state index in [1.165, 1.54) is 6.20 Å². The minimum Gasteiger partial charge on any atom is -0.487 e. The number of aliphatic hydroxyl groups is 1. The fourth-order valence-electron chi connectivity index (χ4n) is 3.26. The van der Waals surface area contributed by atoms with Crippen LogP contribution in [0.15, 0.2) is 24.4 Å². The fourth-order valence-corrected chi connectivity index (χ4v) is 3.26. The highest BCUT2D eigenvalue weighted by molar-refractivity contribution is 5.96. The van der Waals surface area contributed by atoms with Gasteiger partial charge in [0.25, 0.3) is 5.91 Å². The second-order valence-corrected chi connectivity index (χ2v) is 7.43. The lowest BCUT2D eigenvalue weighted by Crippen LogP contribution is -2.40. The number of ether oxygens (including phenoxy) is 1. The summed E-state index contributed by atoms with van der Waals surface area (Å²) in [6.45, 7) is 4.21. The lowest BCUT2D eigenvalue weighted by Gasteiger charge is -2.32. The van der Waals surface area contributed by atoms with Gasteiger partial charge in [0, 0.05) is 24.8 Å². The van der Waals surface area contributed by atoms with E-state index in [0.29, 0.717) is 22.9 Å². The molecule has 1 aliphatic rings. The summed E-state index contributed by atoms with van der Waals surface area (Å²) in [5, 5.41) is 16.4. The van der Waals surface area contributed by atoms with Crippen LogP contribution < -0.4 is 31.7 Å². The third-order valence-electron chi connectivity index (χ3n) is 5.01. The summed E-state index contributed by atoms with van der Waals surface area (Å²) < 4.78 is 5.54. The summed E-state index contributed by atoms with van der Waals surface area (Å²) in [5.41, 5.74) is 12.9. The SMILES string of the molecule is CCCC(Nc1cnc(C(N)=O)c(Nc2ccc3c(c2)N(C)C(O)CO3)n1)C(C)N. The number of amides is 1. The van der Waals surface area contributed by atoms with Gasteiger partial charge in [-0.15, -0.1) is 0 Å². The minimum atomic E-state index is -0.741. The average molecular weight is 415 g/mol. The van der Waals surface area contributed by atoms with Crippen LogP contribution in [0, 0.1) is 0 Å². The number of anilines is 4. The molecule has 0 fully saturated rings. The van der Waals surface area contributed by atoms with Crippen molar-refractivity contribution in [2.45, 2.75) is 45.0 Å². The molecule has 3 unspecified atom stereocenters. The van der Waals surface area contributed by atoms with Crippen molar-refractivity contribution >= 4 is 28.9 Å². The summed E-state index contributed by atoms with van der Waals surface area (Å²) in [6, 6.07) is 5.31. The van der Waals surface area contributed by atoms with Crippen LogP contribution in [0.4, 0.5) is 23.0 Å². The Bertz CT molecular complexity index is 906. The first-order chi connectivity index (χ1) is 14.3. The highest BCUT2D eigenvalue weighted by atomic mass is 16.5. The summed E-state index contributed by atoms with van der Waals surface area (Å²) in [6.07, 6.45) is 2.57. The van der Waals surface area contributed by atoms with Crippen LogP contribution in [0.1, 0.15) is 37.2 Å². The number of carbonyl (C=O) groups excluding carboxylic acids is 1. The Labute approximate surface area is 175 Å². The molecule has 2 heterocycles. The Morgan fingerprint density at radius 2 is 2.23 bits per heavy atom. The van der Waals surface area contributed by atoms with Gasteiger partial charge in [0.15, 0.2) is 17.7 Å². The molecule has 10 heteroatoms. The molecule has 0 saturated carbocycles. The zero-order chi connectivity index (χ0) is 21.8. The molecule has 1 aromatic heterocycles. The van der Waals surface area contributed by atoms with Crippen LogP contribution in [-0.4, -0.2) is 52.9 Å². The van der Waals surface area contributed by atoms with E-state index < -0.39 is 12.1 Å². The first-order valence-electron chi connectivity index (χ1n) is 9.93. The molecular formula is C20H29N7O3. The van der Waals surface area contributed by atoms with Gasteiger partial charge in [-0.1, -0.05) is 13.3 Å². The van der Waals surface area contributed by atoms with Gasteiger partial charge >= 0.3 is 0 Å². The van der Waals surface area contributed by atoms with Crippen molar-refractivity contribution < 1.29 is 14.6 Å². The van der Waals surface area contributed by atoms with Crippen LogP contribution in [-0.2, 0) is 0 Å². The molecule has 162 valence electrons. The lowest BCUT2D eigenvalue weighted by atomic mass is 10.1. The second-order valence-electron chi connectivity index (χ2n) is 7.43. The van der Waals surface area contributed by atoms with E-state index in [0.717, 1.165) is 12.8 Å². The largest absolute Gasteiger partial charge is 0.487 e. The van der Waals surface area contributed by atoms with E-state index in [-0.39, 0.29) is 30.2 Å². The van der Waals surface area contributed by atoms with Crippen molar-refractivity contribution in [3.63, 3.8) is 0 Å². The van der Waals surface area contributed by atoms with Crippen LogP contribution in [0.3, 0.4) is 0 Å². The van der Waals surface area contributed by atoms with E-state index in [1.54, 1.807) is 30.1 Å². The Hall–Kier alpha value is -3.11. The molecule has 0 saturated heterocycles. The van der Waals surface area contributed by atoms with Crippen molar-refractivity contribution in [1.82, 2.24) is 9.97 Å². The second kappa shape index (κ2) is 9.14. The number of rotatable bonds is 8. The molecule has 0 bridgehead atoms. The number of fused-ring (bicyclic) bond motifs is 1. The molecule has 0 radical (unpaired) electrons. The zero-order valence-corrected chi connectivity index (χ0v) is 17.4. The molecule has 0 spiro atoms. The van der Waals surface area contributed by atoms with Crippen LogP contribution >= 0.6 is 0 Å². The van der Waals surface area contributed by atoms with Gasteiger partial charge in [0.1, 0.15) is 18.2 Å². The van der Waals surface area contributed by atoms with E-state index in [2.05, 4.69) is 27.5 Å². The number of carbonyl (C=O) groups is 1. The zero-order valence-electron chi connectivity index (χ0n) is 17.4. The Kier molecular flexibility index (Phi) is 6.58. The van der Waals surface area contributed by atoms with Gasteiger partial charge in [0.2, 0.25) is 0 Å². The molecule has 30 heavy (non-hydrogen) atoms. The minimum absolute atomic E-state index is 0.0209. The lowest BCUT2D eigenvalue weighted by molar-refractivity contribution is 0.0956. The first-order valence-corrected chi connectivity index (χ1v) is 9.93. The molecular weight excluding hydrogens is 386 g/mol. The molecule has 1 aromatic carbocycles. The molecule has 2 aromatic rings. The van der Waals surface area contributed by atoms with E-state index in [1.807, 2.05) is 6.92 Å². The van der Waals surface area contributed by atoms with Crippen LogP contribution in [0.25, 0.3) is 0 Å². The van der Waals surface area contributed by atoms with Gasteiger partial charge < -0.3 is 36.8 Å². The molecule has 7 N–H and O–H groups in total. The number of likely N-dealkylation sites (N-methyl/N-ethyl adjacent to an activating group) is 1. The molecule has 3 atom stereocenters. The van der Waals surface area contributed by atoms with Gasteiger partial charge in [-0.25, -0.2) is 9.97 Å². The number of hydrogen-bond acceptors (Lipinski definition) is 9. The van der Waals surface area contributed by atoms with Crippen molar-refractivity contribution in [3.8, 4) is 5.75 Å². The first kappa shape index (κ1) is 21.6. The maximum absolute atomic E-state index is 11.9. The number of primary amides is 1. The highest BCUT2D eigenvalue weighted by Crippen LogP contribution is 2.35. The predicted octanol–water partition coefficient (Wildman–Crippen LogP) is 1.39. The summed E-state index contributed by atoms with van der Waals surface area (Å²) in [5.74, 6) is 0.686. The fraction of sp³-hybridized carbons (Fsp3) is 0.450. The van der Waals surface area contributed by atoms with E-state index in [9.17, 15) is 9.90 Å². The quantitative estimate of drug-likeness (QED) is 0.431. The molecule has 10 nitrogen and oxygen atoms in total. The predicted molar refractivity (Wildman–Crippen MR) is 116 cm³/mol. The van der Waals surface area contributed by atoms with Crippen molar-refractivity contribution in [1.29, 1.82) is 0 Å². The van der Waals surface area contributed by atoms with Crippen molar-refractivity contribution in [2.75, 3.05) is 29.2 Å². The maximum atomic E-state index is 11.9. The molecule has 1 amide bonds. The Morgan fingerprint density at radius 1 is 1.47 bits per heavy atom. The van der Waals surface area contributed by atoms with Crippen molar-refractivity contribution in [3.05, 3.63) is 30.1 Å². The average Bonchev–Trinajstić information content (AvgIpc) is 2.70. The number of nitrogens with two attached hydrogens (primary N) is 2. The maximum Gasteiger partial charge on any atom is 0.271 e. The van der Waals surface area contributed by atoms with E-state index >= 15 is 0 Å². The summed E-state index contributed by atoms with van der Waals surface area (Å²) in [4.78, 5) is 22.3. The smallest absolute Gasteiger partial charge is 0.271 e. The molecule has 1 aliphatic heterocycles. The third-order valence-corrected chi connectivity index (χ3v) is 5.01. The molecule has 3 rings (SSSR count). The summed E-state index contributed by atoms with van der Waals surface area (Å²) in [7, 11) is 1.77. The number of hydrogen-bond donors (Lipinski definition) is 5. The Morgan fingerprint density at radius 3 is 2.90 bits per heavy atom. The molecule has 0 aliphatic carbocycles. The van der Waals surface area contributed by atoms with Gasteiger partial charge in [0.05, 0.1) is 11.9 Å². The van der Waals surface area contributed by atoms with Gasteiger partial charge in [-0.2, -0.15) is 0 Å². The van der Waals surface area contributed by atoms with E-state index in [4.69, 9.17) is 16.2 Å². The van der Waals surface area contributed by atoms with Gasteiger partial charge in [-0.3, -0.25) is 4.79 Å². The van der Waals surface area contributed by atoms with Gasteiger partial charge in [-0.05, 0) is 31.5 Å². The normalized spacial score (nSPS) is 17.5. The Balaban J connectivity index is 1.90. The monoisotopic (exact) mass is 415 g/mol. The number of nitrogens with one attached hydrogen (secondary N) is 2. The summed E-state index contributed by atoms with van der Waals surface area (Å²) >= 11 is 0. The van der Waals surface area contributed by atoms with Crippen LogP contribution in [0.2, 0.25) is 0 Å². The topological polar surface area (TPSA) is 152 Å². The standard InChI is InChI=1S/C20H29N7O3/c1-4-5-13(11(2)21)25-16-9-23-18(19(22)29)20(26-16)24-12-6-7-15-14(8-12)27(3)17(28)10-30-15/h6-9,11,13,17,28H,4-5,10,21H2,1-3H3,(H2,22,29)(H2,24,25,26). The number of benzene rings is 1. The number of aliphatic hydroxyl groups excluding tert-OH is 1.